The van der Waals surface area contributed by atoms with Gasteiger partial charge < -0.3 is 5.21 Å². The molecule has 0 saturated carbocycles. The lowest BCUT2D eigenvalue weighted by molar-refractivity contribution is -0.563. The molecule has 1 saturated heterocycles. The Kier molecular flexibility index (Phi) is 3.30. The molecule has 0 unspecified atom stereocenters. The van der Waals surface area contributed by atoms with Crippen LogP contribution in [0.5, 0.6) is 0 Å². The number of aryl methyl sites for hydroxylation is 1. The lowest BCUT2D eigenvalue weighted by atomic mass is 10.1. The molecule has 0 aliphatic carbocycles. The van der Waals surface area contributed by atoms with E-state index in [0.29, 0.717) is 24.3 Å². The van der Waals surface area contributed by atoms with Gasteiger partial charge in [0.2, 0.25) is 0 Å². The first kappa shape index (κ1) is 12.9. The van der Waals surface area contributed by atoms with E-state index in [9.17, 15) is 10.0 Å². The monoisotopic (exact) mass is 270 g/mol. The van der Waals surface area contributed by atoms with E-state index in [1.165, 1.54) is 0 Å². The van der Waals surface area contributed by atoms with Crippen LogP contribution in [0, 0.1) is 12.1 Å². The number of nitrogens with zero attached hydrogens (tertiary/aromatic N) is 2. The number of carbonyl (C=O) groups is 1. The van der Waals surface area contributed by atoms with Crippen molar-refractivity contribution >= 4 is 22.6 Å². The van der Waals surface area contributed by atoms with E-state index in [-0.39, 0.29) is 5.91 Å². The van der Waals surface area contributed by atoms with Crippen molar-refractivity contribution in [1.29, 1.82) is 0 Å². The van der Waals surface area contributed by atoms with Crippen LogP contribution in [0.4, 0.5) is 5.82 Å². The van der Waals surface area contributed by atoms with Crippen molar-refractivity contribution in [2.75, 3.05) is 11.4 Å². The summed E-state index contributed by atoms with van der Waals surface area (Å²) in [5.74, 6) is 0.557. The number of pyridine rings is 1. The number of fused-ring (bicyclic) bond motifs is 1. The van der Waals surface area contributed by atoms with Crippen LogP contribution in [0.15, 0.2) is 30.3 Å². The predicted octanol–water partition coefficient (Wildman–Crippen LogP) is 2.69. The summed E-state index contributed by atoms with van der Waals surface area (Å²) in [5, 5.41) is 13.5. The molecule has 1 fully saturated rings. The van der Waals surface area contributed by atoms with Crippen LogP contribution < -0.4 is 9.63 Å². The van der Waals surface area contributed by atoms with Crippen LogP contribution in [0.25, 0.3) is 10.9 Å². The maximum Gasteiger partial charge on any atom is 0.309 e. The van der Waals surface area contributed by atoms with Gasteiger partial charge in [-0.25, -0.2) is 9.52 Å². The van der Waals surface area contributed by atoms with Gasteiger partial charge in [0.05, 0.1) is 6.54 Å². The zero-order chi connectivity index (χ0) is 14.1. The molecular weight excluding hydrogens is 252 g/mol. The Bertz CT molecular complexity index is 667. The van der Waals surface area contributed by atoms with Gasteiger partial charge in [0.15, 0.2) is 0 Å². The highest BCUT2D eigenvalue weighted by Gasteiger charge is 2.29. The van der Waals surface area contributed by atoms with Gasteiger partial charge in [-0.05, 0) is 38.3 Å². The average Bonchev–Trinajstić information content (AvgIpc) is 2.64. The fourth-order valence-electron chi connectivity index (χ4n) is 2.90. The predicted molar refractivity (Wildman–Crippen MR) is 78.5 cm³/mol. The molecule has 20 heavy (non-hydrogen) atoms. The fourth-order valence-corrected chi connectivity index (χ4v) is 2.90. The number of hydrogen-bond donors (Lipinski definition) is 0. The second-order valence-electron chi connectivity index (χ2n) is 5.36. The Balaban J connectivity index is 2.17. The van der Waals surface area contributed by atoms with E-state index in [1.807, 2.05) is 31.2 Å². The molecule has 2 aromatic rings. The number of hydrogen-bond acceptors (Lipinski definition) is 2. The Labute approximate surface area is 118 Å². The molecule has 4 heteroatoms. The van der Waals surface area contributed by atoms with Crippen LogP contribution in [0.1, 0.15) is 31.2 Å². The van der Waals surface area contributed by atoms with Gasteiger partial charge in [0, 0.05) is 17.4 Å². The van der Waals surface area contributed by atoms with E-state index in [0.717, 1.165) is 34.9 Å². The average molecular weight is 270 g/mol. The smallest absolute Gasteiger partial charge is 0.309 e. The quantitative estimate of drug-likeness (QED) is 0.591. The molecule has 4 nitrogen and oxygen atoms in total. The first-order chi connectivity index (χ1) is 9.68. The maximum atomic E-state index is 12.6. The first-order valence-corrected chi connectivity index (χ1v) is 7.11. The molecule has 1 aromatic carbocycles. The number of benzene rings is 1. The molecule has 3 rings (SSSR count). The highest BCUT2D eigenvalue weighted by molar-refractivity contribution is 5.93. The van der Waals surface area contributed by atoms with Crippen molar-refractivity contribution in [3.8, 4) is 0 Å². The number of carbonyl (C=O) groups excluding carboxylic acids is 1. The van der Waals surface area contributed by atoms with E-state index in [2.05, 4.69) is 0 Å². The van der Waals surface area contributed by atoms with Gasteiger partial charge in [-0.15, -0.1) is 0 Å². The van der Waals surface area contributed by atoms with E-state index in [1.54, 1.807) is 11.0 Å². The van der Waals surface area contributed by atoms with E-state index in [4.69, 9.17) is 0 Å². The largest absolute Gasteiger partial charge is 0.710 e. The normalized spacial score (nSPS) is 16.4. The molecule has 0 N–H and O–H groups in total. The number of amides is 1. The first-order valence-electron chi connectivity index (χ1n) is 7.11. The van der Waals surface area contributed by atoms with Crippen molar-refractivity contribution in [3.05, 3.63) is 41.1 Å². The molecule has 1 aliphatic heterocycles. The minimum Gasteiger partial charge on any atom is -0.710 e. The third-order valence-electron chi connectivity index (χ3n) is 3.90. The standard InChI is InChI=1S/C16H18N2O2/c1-12-11-13-7-4-5-8-14(13)18(20)16(12)17-10-6-2-3-9-15(17)19/h4-5,7-8,11H,2-3,6,9-10H2,1H3. The Morgan fingerprint density at radius 2 is 2.00 bits per heavy atom. The zero-order valence-electron chi connectivity index (χ0n) is 11.6. The molecule has 1 aromatic heterocycles. The summed E-state index contributed by atoms with van der Waals surface area (Å²) in [4.78, 5) is 13.9. The van der Waals surface area contributed by atoms with Crippen molar-refractivity contribution in [2.24, 2.45) is 0 Å². The summed E-state index contributed by atoms with van der Waals surface area (Å²) >= 11 is 0. The molecule has 1 amide bonds. The number of aromatic nitrogens is 1. The van der Waals surface area contributed by atoms with Crippen molar-refractivity contribution in [3.63, 3.8) is 0 Å². The highest BCUT2D eigenvalue weighted by Crippen LogP contribution is 2.24. The van der Waals surface area contributed by atoms with Crippen molar-refractivity contribution in [1.82, 2.24) is 0 Å². The number of anilines is 1. The molecule has 0 atom stereocenters. The Morgan fingerprint density at radius 3 is 2.85 bits per heavy atom. The summed E-state index contributed by atoms with van der Waals surface area (Å²) in [6.07, 6.45) is 3.46. The number of para-hydroxylation sites is 1. The molecule has 1 aliphatic rings. The SMILES string of the molecule is Cc1cc2ccccc2[n+]([O-])c1N1CCCCCC1=O. The van der Waals surface area contributed by atoms with Gasteiger partial charge in [-0.2, -0.15) is 4.90 Å². The Hall–Kier alpha value is -2.10. The van der Waals surface area contributed by atoms with Gasteiger partial charge in [0.25, 0.3) is 5.82 Å². The van der Waals surface area contributed by atoms with Gasteiger partial charge in [-0.1, -0.05) is 18.2 Å². The lowest BCUT2D eigenvalue weighted by Crippen LogP contribution is -2.42. The molecule has 2 heterocycles. The molecule has 0 radical (unpaired) electrons. The summed E-state index contributed by atoms with van der Waals surface area (Å²) in [5.41, 5.74) is 1.47. The second-order valence-corrected chi connectivity index (χ2v) is 5.36. The summed E-state index contributed by atoms with van der Waals surface area (Å²) < 4.78 is 0.911. The Morgan fingerprint density at radius 1 is 1.20 bits per heavy atom. The molecule has 0 bridgehead atoms. The third kappa shape index (κ3) is 2.11. The van der Waals surface area contributed by atoms with Crippen molar-refractivity contribution in [2.45, 2.75) is 32.6 Å². The zero-order valence-corrected chi connectivity index (χ0v) is 11.6. The van der Waals surface area contributed by atoms with Crippen molar-refractivity contribution < 1.29 is 9.52 Å². The summed E-state index contributed by atoms with van der Waals surface area (Å²) in [6.45, 7) is 2.54. The van der Waals surface area contributed by atoms with Crippen LogP contribution in [0.3, 0.4) is 0 Å². The van der Waals surface area contributed by atoms with E-state index >= 15 is 0 Å². The van der Waals surface area contributed by atoms with Gasteiger partial charge in [0.1, 0.15) is 5.52 Å². The lowest BCUT2D eigenvalue weighted by Gasteiger charge is -2.21. The van der Waals surface area contributed by atoms with E-state index < -0.39 is 0 Å². The van der Waals surface area contributed by atoms with Crippen LogP contribution in [-0.4, -0.2) is 12.5 Å². The fraction of sp³-hybridized carbons (Fsp3) is 0.375. The molecular formula is C16H18N2O2. The molecule has 104 valence electrons. The van der Waals surface area contributed by atoms with Crippen LogP contribution in [-0.2, 0) is 4.79 Å². The van der Waals surface area contributed by atoms with Gasteiger partial charge in [-0.3, -0.25) is 0 Å². The highest BCUT2D eigenvalue weighted by atomic mass is 16.5. The second kappa shape index (κ2) is 5.12. The van der Waals surface area contributed by atoms with Crippen LogP contribution >= 0.6 is 0 Å². The van der Waals surface area contributed by atoms with Crippen LogP contribution in [0.2, 0.25) is 0 Å². The number of rotatable bonds is 1. The van der Waals surface area contributed by atoms with Gasteiger partial charge >= 0.3 is 5.91 Å². The maximum absolute atomic E-state index is 12.6. The third-order valence-corrected chi connectivity index (χ3v) is 3.90. The molecule has 0 spiro atoms. The summed E-state index contributed by atoms with van der Waals surface area (Å²) in [6, 6.07) is 9.47. The topological polar surface area (TPSA) is 47.2 Å². The minimum atomic E-state index is 0.0606. The minimum absolute atomic E-state index is 0.0606. The summed E-state index contributed by atoms with van der Waals surface area (Å²) in [7, 11) is 0.